The Morgan fingerprint density at radius 1 is 1.45 bits per heavy atom. The van der Waals surface area contributed by atoms with Gasteiger partial charge in [-0.05, 0) is 43.9 Å². The normalized spacial score (nSPS) is 22.1. The average Bonchev–Trinajstić information content (AvgIpc) is 2.39. The summed E-state index contributed by atoms with van der Waals surface area (Å²) in [6, 6.07) is 5.10. The smallest absolute Gasteiger partial charge is 0.243 e. The van der Waals surface area contributed by atoms with Gasteiger partial charge in [0, 0.05) is 19.1 Å². The molecule has 0 radical (unpaired) electrons. The van der Waals surface area contributed by atoms with Gasteiger partial charge in [-0.25, -0.2) is 12.8 Å². The first kappa shape index (κ1) is 17.4. The molecule has 7 heteroatoms. The van der Waals surface area contributed by atoms with Crippen LogP contribution in [0.3, 0.4) is 0 Å². The minimum atomic E-state index is -3.61. The zero-order chi connectivity index (χ0) is 14.0. The van der Waals surface area contributed by atoms with Gasteiger partial charge in [0.2, 0.25) is 10.0 Å². The van der Waals surface area contributed by atoms with E-state index >= 15 is 0 Å². The van der Waals surface area contributed by atoms with Gasteiger partial charge in [0.25, 0.3) is 0 Å². The van der Waals surface area contributed by atoms with E-state index in [1.165, 1.54) is 22.5 Å². The number of hydrogen-bond acceptors (Lipinski definition) is 3. The SMILES string of the molecule is CC(N)C1CCCN(S(=O)(=O)c2cccc(F)c2)C1.Cl. The number of benzene rings is 1. The van der Waals surface area contributed by atoms with Crippen molar-refractivity contribution in [1.29, 1.82) is 0 Å². The Balaban J connectivity index is 0.00000200. The molecule has 0 saturated carbocycles. The van der Waals surface area contributed by atoms with E-state index in [0.717, 1.165) is 18.9 Å². The first-order chi connectivity index (χ1) is 8.91. The number of nitrogens with zero attached hydrogens (tertiary/aromatic N) is 1. The first-order valence-corrected chi connectivity index (χ1v) is 7.86. The van der Waals surface area contributed by atoms with Gasteiger partial charge in [-0.15, -0.1) is 12.4 Å². The Morgan fingerprint density at radius 3 is 2.75 bits per heavy atom. The highest BCUT2D eigenvalue weighted by Crippen LogP contribution is 2.25. The predicted octanol–water partition coefficient (Wildman–Crippen LogP) is 2.00. The fourth-order valence-corrected chi connectivity index (χ4v) is 3.97. The summed E-state index contributed by atoms with van der Waals surface area (Å²) in [5, 5.41) is 0. The van der Waals surface area contributed by atoms with Gasteiger partial charge in [-0.3, -0.25) is 0 Å². The minimum absolute atomic E-state index is 0. The number of nitrogens with two attached hydrogens (primary N) is 1. The first-order valence-electron chi connectivity index (χ1n) is 6.42. The van der Waals surface area contributed by atoms with Crippen molar-refractivity contribution in [2.45, 2.75) is 30.7 Å². The van der Waals surface area contributed by atoms with Crippen LogP contribution >= 0.6 is 12.4 Å². The van der Waals surface area contributed by atoms with E-state index in [2.05, 4.69) is 0 Å². The van der Waals surface area contributed by atoms with E-state index in [9.17, 15) is 12.8 Å². The third-order valence-corrected chi connectivity index (χ3v) is 5.46. The summed E-state index contributed by atoms with van der Waals surface area (Å²) in [6.07, 6.45) is 1.73. The predicted molar refractivity (Wildman–Crippen MR) is 78.8 cm³/mol. The van der Waals surface area contributed by atoms with Crippen molar-refractivity contribution in [3.05, 3.63) is 30.1 Å². The summed E-state index contributed by atoms with van der Waals surface area (Å²) in [5.41, 5.74) is 5.85. The largest absolute Gasteiger partial charge is 0.328 e. The molecule has 1 fully saturated rings. The van der Waals surface area contributed by atoms with Crippen LogP contribution in [0.2, 0.25) is 0 Å². The van der Waals surface area contributed by atoms with Crippen LogP contribution in [0.5, 0.6) is 0 Å². The topological polar surface area (TPSA) is 63.4 Å². The highest BCUT2D eigenvalue weighted by Gasteiger charge is 2.31. The molecule has 0 aromatic heterocycles. The molecule has 1 aliphatic rings. The van der Waals surface area contributed by atoms with E-state index in [-0.39, 0.29) is 29.3 Å². The molecule has 0 amide bonds. The molecule has 1 saturated heterocycles. The van der Waals surface area contributed by atoms with Gasteiger partial charge in [-0.2, -0.15) is 4.31 Å². The lowest BCUT2D eigenvalue weighted by Gasteiger charge is -2.33. The zero-order valence-corrected chi connectivity index (χ0v) is 13.0. The van der Waals surface area contributed by atoms with Crippen molar-refractivity contribution in [3.63, 3.8) is 0 Å². The van der Waals surface area contributed by atoms with E-state index in [4.69, 9.17) is 5.73 Å². The van der Waals surface area contributed by atoms with Gasteiger partial charge in [0.15, 0.2) is 0 Å². The second-order valence-corrected chi connectivity index (χ2v) is 7.02. The molecule has 2 unspecified atom stereocenters. The maximum atomic E-state index is 13.2. The van der Waals surface area contributed by atoms with E-state index in [0.29, 0.717) is 13.1 Å². The molecule has 2 atom stereocenters. The molecule has 2 rings (SSSR count). The van der Waals surface area contributed by atoms with Crippen LogP contribution in [0.25, 0.3) is 0 Å². The van der Waals surface area contributed by atoms with Crippen molar-refractivity contribution in [3.8, 4) is 0 Å². The fraction of sp³-hybridized carbons (Fsp3) is 0.538. The second kappa shape index (κ2) is 6.85. The van der Waals surface area contributed by atoms with E-state index < -0.39 is 15.8 Å². The summed E-state index contributed by atoms with van der Waals surface area (Å²) in [6.45, 7) is 2.78. The molecule has 1 aliphatic heterocycles. The molecule has 1 heterocycles. The molecule has 1 aromatic carbocycles. The van der Waals surface area contributed by atoms with Crippen LogP contribution in [-0.4, -0.2) is 31.9 Å². The summed E-state index contributed by atoms with van der Waals surface area (Å²) >= 11 is 0. The Labute approximate surface area is 125 Å². The molecular weight excluding hydrogens is 303 g/mol. The lowest BCUT2D eigenvalue weighted by atomic mass is 9.93. The van der Waals surface area contributed by atoms with Crippen LogP contribution in [0, 0.1) is 11.7 Å². The molecule has 114 valence electrons. The van der Waals surface area contributed by atoms with Crippen molar-refractivity contribution in [1.82, 2.24) is 4.31 Å². The van der Waals surface area contributed by atoms with Crippen molar-refractivity contribution < 1.29 is 12.8 Å². The van der Waals surface area contributed by atoms with Crippen molar-refractivity contribution in [2.75, 3.05) is 13.1 Å². The summed E-state index contributed by atoms with van der Waals surface area (Å²) in [7, 11) is -3.61. The molecular formula is C13H20ClFN2O2S. The molecule has 4 nitrogen and oxygen atoms in total. The second-order valence-electron chi connectivity index (χ2n) is 5.08. The lowest BCUT2D eigenvalue weighted by molar-refractivity contribution is 0.243. The van der Waals surface area contributed by atoms with Gasteiger partial charge in [0.05, 0.1) is 4.90 Å². The summed E-state index contributed by atoms with van der Waals surface area (Å²) in [4.78, 5) is 0.0119. The van der Waals surface area contributed by atoms with Crippen LogP contribution in [0.4, 0.5) is 4.39 Å². The van der Waals surface area contributed by atoms with Gasteiger partial charge in [0.1, 0.15) is 5.82 Å². The lowest BCUT2D eigenvalue weighted by Crippen LogP contribution is -2.44. The number of piperidine rings is 1. The fourth-order valence-electron chi connectivity index (χ4n) is 2.40. The highest BCUT2D eigenvalue weighted by atomic mass is 35.5. The molecule has 2 N–H and O–H groups in total. The van der Waals surface area contributed by atoms with Crippen LogP contribution < -0.4 is 5.73 Å². The molecule has 20 heavy (non-hydrogen) atoms. The maximum Gasteiger partial charge on any atom is 0.243 e. The van der Waals surface area contributed by atoms with Crippen molar-refractivity contribution >= 4 is 22.4 Å². The molecule has 0 spiro atoms. The van der Waals surface area contributed by atoms with Gasteiger partial charge < -0.3 is 5.73 Å². The number of rotatable bonds is 3. The standard InChI is InChI=1S/C13H19FN2O2S.ClH/c1-10(15)11-4-3-7-16(9-11)19(17,18)13-6-2-5-12(14)8-13;/h2,5-6,8,10-11H,3-4,7,9,15H2,1H3;1H. The highest BCUT2D eigenvalue weighted by molar-refractivity contribution is 7.89. The number of hydrogen-bond donors (Lipinski definition) is 1. The number of sulfonamides is 1. The molecule has 0 aliphatic carbocycles. The maximum absolute atomic E-state index is 13.2. The Hall–Kier alpha value is -0.690. The quantitative estimate of drug-likeness (QED) is 0.925. The minimum Gasteiger partial charge on any atom is -0.328 e. The summed E-state index contributed by atoms with van der Waals surface area (Å²) < 4.78 is 39.4. The van der Waals surface area contributed by atoms with E-state index in [1.54, 1.807) is 0 Å². The number of halogens is 2. The average molecular weight is 323 g/mol. The van der Waals surface area contributed by atoms with E-state index in [1.807, 2.05) is 6.92 Å². The third kappa shape index (κ3) is 3.69. The van der Waals surface area contributed by atoms with Gasteiger partial charge in [-0.1, -0.05) is 6.07 Å². The van der Waals surface area contributed by atoms with Crippen LogP contribution in [0.1, 0.15) is 19.8 Å². The monoisotopic (exact) mass is 322 g/mol. The van der Waals surface area contributed by atoms with Gasteiger partial charge >= 0.3 is 0 Å². The summed E-state index contributed by atoms with van der Waals surface area (Å²) in [5.74, 6) is -0.376. The van der Waals surface area contributed by atoms with Crippen LogP contribution in [0.15, 0.2) is 29.2 Å². The van der Waals surface area contributed by atoms with Crippen molar-refractivity contribution in [2.24, 2.45) is 11.7 Å². The Kier molecular flexibility index (Phi) is 5.94. The molecule has 1 aromatic rings. The van der Waals surface area contributed by atoms with Crippen LogP contribution in [-0.2, 0) is 10.0 Å². The zero-order valence-electron chi connectivity index (χ0n) is 11.3. The Morgan fingerprint density at radius 2 is 2.15 bits per heavy atom. The Bertz CT molecular complexity index is 551. The third-order valence-electron chi connectivity index (χ3n) is 3.60. The molecule has 0 bridgehead atoms.